The maximum Gasteiger partial charge on any atom is 0.322 e. The van der Waals surface area contributed by atoms with Crippen LogP contribution in [0.5, 0.6) is 5.75 Å². The highest BCUT2D eigenvalue weighted by Gasteiger charge is 2.21. The number of carbonyl (C=O) groups is 1. The number of nitrogens with zero attached hydrogens (tertiary/aromatic N) is 1. The number of urea groups is 1. The number of rotatable bonds is 5. The number of anilines is 1. The van der Waals surface area contributed by atoms with Gasteiger partial charge in [-0.25, -0.2) is 4.79 Å². The highest BCUT2D eigenvalue weighted by Crippen LogP contribution is 2.22. The molecule has 0 saturated heterocycles. The number of benzene rings is 2. The van der Waals surface area contributed by atoms with Gasteiger partial charge in [0.05, 0.1) is 19.8 Å². The minimum atomic E-state index is -0.425. The summed E-state index contributed by atoms with van der Waals surface area (Å²) in [5.41, 5.74) is 2.69. The normalized spacial score (nSPS) is 11.7. The van der Waals surface area contributed by atoms with Crippen LogP contribution in [0.25, 0.3) is 0 Å². The molecule has 5 nitrogen and oxygen atoms in total. The second kappa shape index (κ2) is 7.65. The summed E-state index contributed by atoms with van der Waals surface area (Å²) in [5.74, 6) is 0.734. The Bertz CT molecular complexity index is 638. The first-order chi connectivity index (χ1) is 11.0. The Balaban J connectivity index is 2.09. The number of hydrogen-bond acceptors (Lipinski definition) is 3. The van der Waals surface area contributed by atoms with Gasteiger partial charge in [-0.2, -0.15) is 0 Å². The zero-order chi connectivity index (χ0) is 16.8. The second-order valence-corrected chi connectivity index (χ2v) is 5.38. The van der Waals surface area contributed by atoms with Crippen LogP contribution in [-0.2, 0) is 0 Å². The number of aryl methyl sites for hydroxylation is 1. The van der Waals surface area contributed by atoms with Gasteiger partial charge in [0.1, 0.15) is 5.75 Å². The molecule has 2 rings (SSSR count). The molecule has 0 bridgehead atoms. The molecule has 0 aliphatic rings. The van der Waals surface area contributed by atoms with E-state index in [2.05, 4.69) is 5.32 Å². The largest absolute Gasteiger partial charge is 0.497 e. The predicted molar refractivity (Wildman–Crippen MR) is 90.8 cm³/mol. The van der Waals surface area contributed by atoms with E-state index in [1.165, 1.54) is 4.90 Å². The smallest absolute Gasteiger partial charge is 0.322 e. The number of carbonyl (C=O) groups excluding carboxylic acids is 1. The van der Waals surface area contributed by atoms with Crippen molar-refractivity contribution >= 4 is 11.7 Å². The van der Waals surface area contributed by atoms with E-state index in [1.807, 2.05) is 55.5 Å². The molecule has 122 valence electrons. The third-order valence-corrected chi connectivity index (χ3v) is 3.76. The Labute approximate surface area is 136 Å². The second-order valence-electron chi connectivity index (χ2n) is 5.38. The minimum Gasteiger partial charge on any atom is -0.497 e. The average Bonchev–Trinajstić information content (AvgIpc) is 2.58. The van der Waals surface area contributed by atoms with Crippen molar-refractivity contribution in [1.29, 1.82) is 0 Å². The summed E-state index contributed by atoms with van der Waals surface area (Å²) in [6.45, 7) is 1.83. The van der Waals surface area contributed by atoms with E-state index in [0.29, 0.717) is 0 Å². The number of hydrogen-bond donors (Lipinski definition) is 2. The number of ether oxygens (including phenoxy) is 1. The highest BCUT2D eigenvalue weighted by molar-refractivity contribution is 5.89. The molecule has 5 heteroatoms. The number of amides is 2. The van der Waals surface area contributed by atoms with Gasteiger partial charge in [0, 0.05) is 12.7 Å². The summed E-state index contributed by atoms with van der Waals surface area (Å²) >= 11 is 0. The van der Waals surface area contributed by atoms with Gasteiger partial charge >= 0.3 is 6.03 Å². The van der Waals surface area contributed by atoms with Crippen LogP contribution in [0.3, 0.4) is 0 Å². The molecule has 2 aromatic carbocycles. The Morgan fingerprint density at radius 1 is 1.17 bits per heavy atom. The van der Waals surface area contributed by atoms with Gasteiger partial charge in [0.2, 0.25) is 0 Å². The Hall–Kier alpha value is -2.53. The molecule has 0 aromatic heterocycles. The van der Waals surface area contributed by atoms with Crippen molar-refractivity contribution in [3.63, 3.8) is 0 Å². The Morgan fingerprint density at radius 3 is 2.30 bits per heavy atom. The lowest BCUT2D eigenvalue weighted by atomic mass is 10.1. The van der Waals surface area contributed by atoms with Crippen molar-refractivity contribution in [1.82, 2.24) is 4.90 Å². The molecule has 0 aliphatic heterocycles. The predicted octanol–water partition coefficient (Wildman–Crippen LogP) is 3.20. The van der Waals surface area contributed by atoms with Gasteiger partial charge in [0.15, 0.2) is 0 Å². The fourth-order valence-corrected chi connectivity index (χ4v) is 2.27. The molecule has 0 spiro atoms. The minimum absolute atomic E-state index is 0.163. The monoisotopic (exact) mass is 314 g/mol. The maximum absolute atomic E-state index is 12.4. The van der Waals surface area contributed by atoms with E-state index < -0.39 is 6.04 Å². The van der Waals surface area contributed by atoms with Crippen LogP contribution in [0.2, 0.25) is 0 Å². The Morgan fingerprint density at radius 2 is 1.78 bits per heavy atom. The van der Waals surface area contributed by atoms with E-state index >= 15 is 0 Å². The first-order valence-electron chi connectivity index (χ1n) is 7.40. The molecule has 2 N–H and O–H groups in total. The van der Waals surface area contributed by atoms with E-state index in [9.17, 15) is 9.90 Å². The number of aliphatic hydroxyl groups excluding tert-OH is 1. The summed E-state index contributed by atoms with van der Waals surface area (Å²) in [5, 5.41) is 12.5. The van der Waals surface area contributed by atoms with Crippen molar-refractivity contribution in [3.8, 4) is 5.75 Å². The van der Waals surface area contributed by atoms with Gasteiger partial charge in [-0.05, 0) is 36.8 Å². The molecule has 23 heavy (non-hydrogen) atoms. The van der Waals surface area contributed by atoms with E-state index in [-0.39, 0.29) is 12.6 Å². The molecule has 2 amide bonds. The summed E-state index contributed by atoms with van der Waals surface area (Å²) in [4.78, 5) is 13.9. The molecule has 0 radical (unpaired) electrons. The summed E-state index contributed by atoms with van der Waals surface area (Å²) in [7, 11) is 3.26. The fourth-order valence-electron chi connectivity index (χ4n) is 2.27. The number of methoxy groups -OCH3 is 1. The average molecular weight is 314 g/mol. The molecular weight excluding hydrogens is 292 g/mol. The van der Waals surface area contributed by atoms with Crippen molar-refractivity contribution in [2.75, 3.05) is 26.1 Å². The first kappa shape index (κ1) is 16.8. The van der Waals surface area contributed by atoms with Crippen LogP contribution in [0.15, 0.2) is 48.5 Å². The molecular formula is C18H22N2O3. The summed E-state index contributed by atoms with van der Waals surface area (Å²) < 4.78 is 5.12. The lowest BCUT2D eigenvalue weighted by Gasteiger charge is -2.27. The number of aliphatic hydroxyl groups is 1. The fraction of sp³-hybridized carbons (Fsp3) is 0.278. The van der Waals surface area contributed by atoms with E-state index in [0.717, 1.165) is 22.6 Å². The lowest BCUT2D eigenvalue weighted by molar-refractivity contribution is 0.159. The molecule has 2 aromatic rings. The van der Waals surface area contributed by atoms with Crippen LogP contribution < -0.4 is 10.1 Å². The van der Waals surface area contributed by atoms with Crippen LogP contribution in [0.1, 0.15) is 17.2 Å². The molecule has 0 fully saturated rings. The SMILES string of the molecule is COc1ccc(C(CO)N(C)C(=O)Nc2ccc(C)cc2)cc1. The van der Waals surface area contributed by atoms with Crippen LogP contribution >= 0.6 is 0 Å². The quantitative estimate of drug-likeness (QED) is 0.891. The lowest BCUT2D eigenvalue weighted by Crippen LogP contribution is -2.36. The zero-order valence-corrected chi connectivity index (χ0v) is 13.6. The Kier molecular flexibility index (Phi) is 5.60. The molecule has 1 unspecified atom stereocenters. The van der Waals surface area contributed by atoms with Crippen molar-refractivity contribution < 1.29 is 14.6 Å². The number of likely N-dealkylation sites (N-methyl/N-ethyl adjacent to an activating group) is 1. The van der Waals surface area contributed by atoms with Gasteiger partial charge in [-0.1, -0.05) is 29.8 Å². The highest BCUT2D eigenvalue weighted by atomic mass is 16.5. The van der Waals surface area contributed by atoms with E-state index in [1.54, 1.807) is 14.2 Å². The van der Waals surface area contributed by atoms with Crippen molar-refractivity contribution in [2.24, 2.45) is 0 Å². The summed E-state index contributed by atoms with van der Waals surface area (Å²) in [6, 6.07) is 14.2. The van der Waals surface area contributed by atoms with E-state index in [4.69, 9.17) is 4.74 Å². The van der Waals surface area contributed by atoms with Gasteiger partial charge in [-0.3, -0.25) is 0 Å². The molecule has 0 heterocycles. The van der Waals surface area contributed by atoms with Crippen LogP contribution in [0, 0.1) is 6.92 Å². The van der Waals surface area contributed by atoms with Gasteiger partial charge in [0.25, 0.3) is 0 Å². The molecule has 1 atom stereocenters. The van der Waals surface area contributed by atoms with Gasteiger partial charge < -0.3 is 20.1 Å². The zero-order valence-electron chi connectivity index (χ0n) is 13.6. The van der Waals surface area contributed by atoms with Crippen molar-refractivity contribution in [2.45, 2.75) is 13.0 Å². The molecule has 0 aliphatic carbocycles. The molecule has 0 saturated carbocycles. The van der Waals surface area contributed by atoms with Crippen LogP contribution in [-0.4, -0.2) is 36.8 Å². The summed E-state index contributed by atoms with van der Waals surface area (Å²) in [6.07, 6.45) is 0. The van der Waals surface area contributed by atoms with Crippen LogP contribution in [0.4, 0.5) is 10.5 Å². The number of nitrogens with one attached hydrogen (secondary N) is 1. The third-order valence-electron chi connectivity index (χ3n) is 3.76. The first-order valence-corrected chi connectivity index (χ1v) is 7.40. The van der Waals surface area contributed by atoms with Crippen molar-refractivity contribution in [3.05, 3.63) is 59.7 Å². The maximum atomic E-state index is 12.4. The van der Waals surface area contributed by atoms with Gasteiger partial charge in [-0.15, -0.1) is 0 Å². The third kappa shape index (κ3) is 4.23. The standard InChI is InChI=1S/C18H22N2O3/c1-13-4-8-15(9-5-13)19-18(22)20(2)17(12-21)14-6-10-16(23-3)11-7-14/h4-11,17,21H,12H2,1-3H3,(H,19,22). The topological polar surface area (TPSA) is 61.8 Å².